The third kappa shape index (κ3) is 13.8. The van der Waals surface area contributed by atoms with Crippen LogP contribution in [0.25, 0.3) is 32.1 Å². The fourth-order valence-electron chi connectivity index (χ4n) is 13.1. The third-order valence-corrected chi connectivity index (χ3v) is 19.6. The number of nitrogens with zero attached hydrogens (tertiary/aromatic N) is 6. The van der Waals surface area contributed by atoms with Crippen LogP contribution in [0.1, 0.15) is 104 Å². The lowest BCUT2D eigenvalue weighted by molar-refractivity contribution is -0.136. The number of nitriles is 1. The Morgan fingerprint density at radius 1 is 0.847 bits per heavy atom. The van der Waals surface area contributed by atoms with Crippen LogP contribution in [-0.4, -0.2) is 173 Å². The molecule has 2 aromatic heterocycles. The first kappa shape index (κ1) is 64.1. The summed E-state index contributed by atoms with van der Waals surface area (Å²) in [6.07, 6.45) is 6.88. The van der Waals surface area contributed by atoms with Crippen molar-refractivity contribution in [1.82, 2.24) is 40.6 Å². The van der Waals surface area contributed by atoms with Crippen LogP contribution >= 0.6 is 34.7 Å². The highest BCUT2D eigenvalue weighted by molar-refractivity contribution is 7.99. The number of hydrogen-bond acceptors (Lipinski definition) is 18. The molecule has 6 saturated heterocycles. The van der Waals surface area contributed by atoms with Gasteiger partial charge in [-0.25, -0.2) is 13.6 Å². The van der Waals surface area contributed by atoms with Crippen molar-refractivity contribution in [1.29, 1.82) is 5.26 Å². The average molecular weight is 1240 g/mol. The number of nitrogen functional groups attached to an aromatic ring is 1. The molecule has 5 aromatic rings. The minimum absolute atomic E-state index is 0.0730. The molecule has 4 bridgehead atoms. The molecule has 460 valence electrons. The number of rotatable bonds is 15. The van der Waals surface area contributed by atoms with E-state index in [-0.39, 0.29) is 65.0 Å². The fraction of sp³-hybridized carbons (Fsp3) is 0.567. The van der Waals surface area contributed by atoms with Gasteiger partial charge in [0.25, 0.3) is 5.91 Å². The Morgan fingerprint density at radius 3 is 2.18 bits per heavy atom. The molecule has 6 unspecified atom stereocenters. The minimum atomic E-state index is -0.750. The number of thiophene rings is 1. The fourth-order valence-corrected chi connectivity index (χ4v) is 15.8. The summed E-state index contributed by atoms with van der Waals surface area (Å²) in [5, 5.41) is 24.8. The summed E-state index contributed by atoms with van der Waals surface area (Å²) in [6.45, 7) is 12.5. The normalized spacial score (nSPS) is 23.2. The number of imide groups is 1. The van der Waals surface area contributed by atoms with Crippen molar-refractivity contribution in [2.75, 3.05) is 116 Å². The van der Waals surface area contributed by atoms with Crippen molar-refractivity contribution in [3.05, 3.63) is 79.7 Å². The molecule has 8 aliphatic heterocycles. The average Bonchev–Trinajstić information content (AvgIpc) is 2.65. The van der Waals surface area contributed by atoms with Gasteiger partial charge < -0.3 is 56.3 Å². The molecule has 0 radical (unpaired) electrons. The smallest absolute Gasteiger partial charge is 0.350 e. The largest absolute Gasteiger partial charge is 0.389 e. The number of piperidine rings is 2. The minimum Gasteiger partial charge on any atom is -0.389 e. The Bertz CT molecular complexity index is 3300. The Labute approximate surface area is 507 Å². The van der Waals surface area contributed by atoms with Gasteiger partial charge in [-0.1, -0.05) is 31.5 Å². The van der Waals surface area contributed by atoms with Crippen molar-refractivity contribution in [2.24, 2.45) is 5.73 Å². The highest BCUT2D eigenvalue weighted by atomic mass is 35.5. The van der Waals surface area contributed by atoms with Crippen molar-refractivity contribution in [2.45, 2.75) is 119 Å². The van der Waals surface area contributed by atoms with Crippen LogP contribution in [-0.2, 0) is 30.3 Å². The number of fused-ring (bicyclic) bond motifs is 6. The van der Waals surface area contributed by atoms with E-state index in [2.05, 4.69) is 42.9 Å². The number of benzene rings is 3. The van der Waals surface area contributed by atoms with Crippen LogP contribution in [0.5, 0.6) is 0 Å². The maximum atomic E-state index is 15.2. The van der Waals surface area contributed by atoms with E-state index in [0.717, 1.165) is 90.1 Å². The highest BCUT2D eigenvalue weighted by Gasteiger charge is 2.42. The van der Waals surface area contributed by atoms with Crippen molar-refractivity contribution in [3.63, 3.8) is 0 Å². The molecule has 6 fully saturated rings. The summed E-state index contributed by atoms with van der Waals surface area (Å²) >= 11 is 9.81. The Kier molecular flexibility index (Phi) is 22.2. The van der Waals surface area contributed by atoms with Gasteiger partial charge in [-0.05, 0) is 112 Å². The number of carbonyl (C=O) groups is 3. The molecule has 8 N–H and O–H groups in total. The Morgan fingerprint density at radius 2 is 1.51 bits per heavy atom. The van der Waals surface area contributed by atoms with E-state index < -0.39 is 29.3 Å². The van der Waals surface area contributed by atoms with Gasteiger partial charge in [0.2, 0.25) is 11.8 Å². The maximum Gasteiger partial charge on any atom is 0.350 e. The molecule has 0 aliphatic carbocycles. The van der Waals surface area contributed by atoms with Crippen LogP contribution in [0.15, 0.2) is 40.0 Å². The van der Waals surface area contributed by atoms with Gasteiger partial charge in [-0.3, -0.25) is 28.7 Å². The number of likely N-dealkylation sites (tertiary alicyclic amines) is 1. The lowest BCUT2D eigenvalue weighted by Gasteiger charge is -2.36. The number of halogens is 4. The van der Waals surface area contributed by atoms with E-state index in [9.17, 15) is 33.2 Å². The van der Waals surface area contributed by atoms with Crippen LogP contribution in [0.4, 0.5) is 24.0 Å². The van der Waals surface area contributed by atoms with E-state index in [4.69, 9.17) is 36.5 Å². The number of nitrogens with one attached hydrogen (secondary N) is 4. The Hall–Kier alpha value is -5.43. The molecule has 6 atom stereocenters. The summed E-state index contributed by atoms with van der Waals surface area (Å²) in [6, 6.07) is 10.9. The topological polar surface area (TPSA) is 247 Å². The van der Waals surface area contributed by atoms with Crippen molar-refractivity contribution in [3.8, 4) is 17.2 Å². The van der Waals surface area contributed by atoms with Crippen molar-refractivity contribution >= 4 is 84.2 Å². The summed E-state index contributed by atoms with van der Waals surface area (Å²) < 4.78 is 59.5. The second kappa shape index (κ2) is 29.5. The monoisotopic (exact) mass is 1230 g/mol. The van der Waals surface area contributed by atoms with E-state index in [0.29, 0.717) is 110 Å². The second-order valence-electron chi connectivity index (χ2n) is 21.9. The molecule has 0 saturated carbocycles. The van der Waals surface area contributed by atoms with Gasteiger partial charge in [0.1, 0.15) is 34.6 Å². The van der Waals surface area contributed by atoms with E-state index in [1.165, 1.54) is 56.1 Å². The van der Waals surface area contributed by atoms with Gasteiger partial charge in [-0.2, -0.15) is 10.2 Å². The number of piperazine rings is 2. The summed E-state index contributed by atoms with van der Waals surface area (Å²) in [5.74, 6) is -1.02. The molecular formula is C60H78ClF3N12O7S2. The molecule has 3 aromatic carbocycles. The first-order valence-electron chi connectivity index (χ1n) is 29.6. The van der Waals surface area contributed by atoms with Crippen LogP contribution in [0.2, 0.25) is 5.02 Å². The first-order chi connectivity index (χ1) is 41.4. The van der Waals surface area contributed by atoms with Crippen LogP contribution in [0, 0.1) is 23.0 Å². The number of carbonyl (C=O) groups excluding carboxylic acids is 3. The number of amides is 3. The molecule has 85 heavy (non-hydrogen) atoms. The quantitative estimate of drug-likeness (QED) is 0.0464. The summed E-state index contributed by atoms with van der Waals surface area (Å²) in [4.78, 5) is 63.3. The maximum absolute atomic E-state index is 15.2. The molecule has 13 rings (SSSR count). The van der Waals surface area contributed by atoms with Gasteiger partial charge in [0.05, 0.1) is 73.7 Å². The standard InChI is InChI=1S/C50H52ClF2N9O7S2.C6H12N2.C2H6.CH3F.CH5N/c51-37-19-34-43-45(42(37)31-3-4-38(53)44-41(31)35(20-54)46(55)71-44)70-25-30(62(43)50(66)58-47(34)60-21-28-1-2-29(22-60)56-28)24-69-16-15-68-14-13-67-12-11-59-9-7-26(8-10-59)32-17-27(52)18-33-36(32)23-61(49(33)65)39-5-6-40(63)57-48(39)64;1-2-6-4-7-3-5(1)8-6;3*1-2/h3-4,17-19,26,28-30,39,56H,1-2,5-16,21-25,55H2,(H,57,63,64);5-8H,1-4H2;1-2H3;1H3;2H2,1H3. The van der Waals surface area contributed by atoms with Crippen molar-refractivity contribution < 1.29 is 41.8 Å². The molecule has 8 aliphatic rings. The summed E-state index contributed by atoms with van der Waals surface area (Å²) in [7, 11) is 2.00. The molecule has 0 spiro atoms. The zero-order chi connectivity index (χ0) is 60.5. The van der Waals surface area contributed by atoms with Gasteiger partial charge >= 0.3 is 5.69 Å². The molecular weight excluding hydrogens is 1160 g/mol. The second-order valence-corrected chi connectivity index (χ2v) is 24.4. The zero-order valence-electron chi connectivity index (χ0n) is 48.7. The number of ether oxygens (including phenoxy) is 3. The molecule has 3 amide bonds. The third-order valence-electron chi connectivity index (χ3n) is 17.0. The Balaban J connectivity index is 0.000000552. The van der Waals surface area contributed by atoms with Gasteiger partial charge in [0.15, 0.2) is 0 Å². The predicted octanol–water partition coefficient (Wildman–Crippen LogP) is 6.84. The SMILES string of the molecule is C1CC2CNCC1N2.CC.CF.CN.N#Cc1c(N)sc2c(F)ccc(-c3c(Cl)cc4c(N5CC6CCC(C5)N6)nc(=O)n5c4c3SCC5COCCOCCOCCN3CCC(c4cc(F)cc5c4CN(C4CCC(=O)NC4=O)C5=O)CC3)c12. The lowest BCUT2D eigenvalue weighted by Crippen LogP contribution is -2.52. The molecule has 10 heterocycles. The molecule has 25 heteroatoms. The number of aromatic nitrogens is 2. The number of alkyl halides is 1. The van der Waals surface area contributed by atoms with Gasteiger partial charge in [0, 0.05) is 102 Å². The molecule has 19 nitrogen and oxygen atoms in total. The first-order valence-corrected chi connectivity index (χ1v) is 31.8. The number of nitrogens with two attached hydrogens (primary N) is 2. The number of anilines is 2. The number of thioether (sulfide) groups is 1. The van der Waals surface area contributed by atoms with E-state index in [1.54, 1.807) is 22.4 Å². The number of hydrogen-bond donors (Lipinski definition) is 6. The van der Waals surface area contributed by atoms with E-state index in [1.807, 2.05) is 19.9 Å². The van der Waals surface area contributed by atoms with Crippen LogP contribution < -0.4 is 43.3 Å². The lowest BCUT2D eigenvalue weighted by atomic mass is 9.85. The van der Waals surface area contributed by atoms with Gasteiger partial charge in [-0.15, -0.1) is 23.1 Å². The predicted molar refractivity (Wildman–Crippen MR) is 327 cm³/mol. The zero-order valence-corrected chi connectivity index (χ0v) is 51.1. The highest BCUT2D eigenvalue weighted by Crippen LogP contribution is 2.51. The van der Waals surface area contributed by atoms with E-state index >= 15 is 4.39 Å². The van der Waals surface area contributed by atoms with Crippen LogP contribution in [0.3, 0.4) is 0 Å². The summed E-state index contributed by atoms with van der Waals surface area (Å²) in [5.41, 5.74) is 14.3.